The van der Waals surface area contributed by atoms with Gasteiger partial charge in [0.25, 0.3) is 0 Å². The third-order valence-electron chi connectivity index (χ3n) is 1.56. The van der Waals surface area contributed by atoms with Crippen LogP contribution in [-0.4, -0.2) is 51.6 Å². The van der Waals surface area contributed by atoms with E-state index in [-0.39, 0.29) is 11.5 Å². The minimum absolute atomic E-state index is 0.145. The van der Waals surface area contributed by atoms with E-state index in [1.807, 2.05) is 0 Å². The number of nitrogens with two attached hydrogens (primary N) is 1. The van der Waals surface area contributed by atoms with Crippen LogP contribution in [0.25, 0.3) is 0 Å². The van der Waals surface area contributed by atoms with Crippen molar-refractivity contribution in [1.82, 2.24) is 5.32 Å². The lowest BCUT2D eigenvalue weighted by Crippen LogP contribution is -2.41. The van der Waals surface area contributed by atoms with Crippen LogP contribution in [0.3, 0.4) is 0 Å². The molecule has 0 saturated carbocycles. The fourth-order valence-electron chi connectivity index (χ4n) is 0.729. The first kappa shape index (κ1) is 16.1. The Labute approximate surface area is 106 Å². The molecule has 98 valence electrons. The Morgan fingerprint density at radius 3 is 2.12 bits per heavy atom. The summed E-state index contributed by atoms with van der Waals surface area (Å²) in [5, 5.41) is 19.5. The standard InChI is InChI=1S/C8H14N2O5S2/c1-4(11)10-6(8(14)15)3-17-16-2-5(9)7(12)13/h5-6H,2-3,9H2,1H3,(H,10,11)(H,12,13)(H,14,15)/t5-,6-/m0/s1. The van der Waals surface area contributed by atoms with Crippen LogP contribution in [0.5, 0.6) is 0 Å². The number of carbonyl (C=O) groups excluding carboxylic acids is 1. The lowest BCUT2D eigenvalue weighted by molar-refractivity contribution is -0.140. The summed E-state index contributed by atoms with van der Waals surface area (Å²) in [4.78, 5) is 31.8. The lowest BCUT2D eigenvalue weighted by Gasteiger charge is -2.12. The van der Waals surface area contributed by atoms with Crippen LogP contribution in [0.4, 0.5) is 0 Å². The summed E-state index contributed by atoms with van der Waals surface area (Å²) in [5.74, 6) is -2.34. The zero-order valence-corrected chi connectivity index (χ0v) is 10.7. The first-order chi connectivity index (χ1) is 7.84. The molecule has 0 aliphatic rings. The van der Waals surface area contributed by atoms with E-state index in [9.17, 15) is 14.4 Å². The van der Waals surface area contributed by atoms with Crippen molar-refractivity contribution in [2.45, 2.75) is 19.0 Å². The maximum Gasteiger partial charge on any atom is 0.327 e. The molecule has 0 aromatic heterocycles. The van der Waals surface area contributed by atoms with Gasteiger partial charge in [0.15, 0.2) is 0 Å². The van der Waals surface area contributed by atoms with Gasteiger partial charge in [0, 0.05) is 18.4 Å². The molecule has 9 heteroatoms. The molecule has 0 radical (unpaired) electrons. The Balaban J connectivity index is 3.87. The fraction of sp³-hybridized carbons (Fsp3) is 0.625. The van der Waals surface area contributed by atoms with Crippen LogP contribution in [0.2, 0.25) is 0 Å². The number of rotatable bonds is 8. The van der Waals surface area contributed by atoms with Crippen LogP contribution < -0.4 is 11.1 Å². The Morgan fingerprint density at radius 1 is 1.18 bits per heavy atom. The molecular formula is C8H14N2O5S2. The lowest BCUT2D eigenvalue weighted by atomic mass is 10.3. The van der Waals surface area contributed by atoms with Crippen molar-refractivity contribution in [2.75, 3.05) is 11.5 Å². The summed E-state index contributed by atoms with van der Waals surface area (Å²) in [6.45, 7) is 1.23. The normalized spacial score (nSPS) is 13.8. The van der Waals surface area contributed by atoms with Crippen molar-refractivity contribution in [2.24, 2.45) is 5.73 Å². The van der Waals surface area contributed by atoms with Gasteiger partial charge in [-0.3, -0.25) is 9.59 Å². The average Bonchev–Trinajstić information content (AvgIpc) is 2.21. The van der Waals surface area contributed by atoms with Gasteiger partial charge < -0.3 is 21.3 Å². The monoisotopic (exact) mass is 282 g/mol. The highest BCUT2D eigenvalue weighted by atomic mass is 33.1. The summed E-state index contributed by atoms with van der Waals surface area (Å²) in [6.07, 6.45) is 0. The molecule has 1 amide bonds. The molecule has 0 unspecified atom stereocenters. The topological polar surface area (TPSA) is 130 Å². The SMILES string of the molecule is CC(=O)N[C@@H](CSSC[C@H](N)C(=O)O)C(=O)O. The van der Waals surface area contributed by atoms with Crippen LogP contribution in [0.1, 0.15) is 6.92 Å². The third-order valence-corrected chi connectivity index (χ3v) is 4.01. The molecule has 0 aliphatic heterocycles. The highest BCUT2D eigenvalue weighted by Gasteiger charge is 2.19. The summed E-state index contributed by atoms with van der Waals surface area (Å²) < 4.78 is 0. The van der Waals surface area contributed by atoms with E-state index in [1.165, 1.54) is 6.92 Å². The molecule has 0 aliphatic carbocycles. The maximum atomic E-state index is 10.7. The molecule has 0 aromatic carbocycles. The maximum absolute atomic E-state index is 10.7. The number of hydrogen-bond donors (Lipinski definition) is 4. The fourth-order valence-corrected chi connectivity index (χ4v) is 3.00. The Bertz CT molecular complexity index is 300. The van der Waals surface area contributed by atoms with Gasteiger partial charge in [-0.15, -0.1) is 0 Å². The van der Waals surface area contributed by atoms with Gasteiger partial charge in [-0.25, -0.2) is 4.79 Å². The summed E-state index contributed by atoms with van der Waals surface area (Å²) in [6, 6.07) is -1.96. The molecule has 0 saturated heterocycles. The summed E-state index contributed by atoms with van der Waals surface area (Å²) >= 11 is 0. The van der Waals surface area contributed by atoms with E-state index < -0.39 is 29.9 Å². The van der Waals surface area contributed by atoms with Gasteiger partial charge in [-0.2, -0.15) is 0 Å². The molecule has 0 bridgehead atoms. The van der Waals surface area contributed by atoms with Gasteiger partial charge in [-0.1, -0.05) is 21.6 Å². The van der Waals surface area contributed by atoms with Crippen molar-refractivity contribution in [1.29, 1.82) is 0 Å². The Morgan fingerprint density at radius 2 is 1.71 bits per heavy atom. The molecule has 0 rings (SSSR count). The van der Waals surface area contributed by atoms with E-state index in [4.69, 9.17) is 15.9 Å². The van der Waals surface area contributed by atoms with E-state index >= 15 is 0 Å². The second-order valence-electron chi connectivity index (χ2n) is 3.11. The molecule has 5 N–H and O–H groups in total. The molecule has 0 aromatic rings. The van der Waals surface area contributed by atoms with Gasteiger partial charge in [0.2, 0.25) is 5.91 Å². The molecule has 7 nitrogen and oxygen atoms in total. The van der Waals surface area contributed by atoms with E-state index in [1.54, 1.807) is 0 Å². The first-order valence-corrected chi connectivity index (χ1v) is 7.06. The predicted octanol–water partition coefficient (Wildman–Crippen LogP) is -0.631. The van der Waals surface area contributed by atoms with Gasteiger partial charge in [-0.05, 0) is 0 Å². The molecule has 17 heavy (non-hydrogen) atoms. The largest absolute Gasteiger partial charge is 0.480 e. The number of carboxylic acids is 2. The van der Waals surface area contributed by atoms with E-state index in [0.29, 0.717) is 0 Å². The Kier molecular flexibility index (Phi) is 7.75. The molecule has 0 heterocycles. The van der Waals surface area contributed by atoms with E-state index in [2.05, 4.69) is 5.32 Å². The minimum Gasteiger partial charge on any atom is -0.480 e. The highest BCUT2D eigenvalue weighted by Crippen LogP contribution is 2.22. The number of aliphatic carboxylic acids is 2. The van der Waals surface area contributed by atoms with Gasteiger partial charge >= 0.3 is 11.9 Å². The van der Waals surface area contributed by atoms with Crippen LogP contribution >= 0.6 is 21.6 Å². The summed E-state index contributed by atoms with van der Waals surface area (Å²) in [5.41, 5.74) is 5.25. The Hall–Kier alpha value is -0.930. The third kappa shape index (κ3) is 7.88. The second-order valence-corrected chi connectivity index (χ2v) is 5.66. The van der Waals surface area contributed by atoms with Gasteiger partial charge in [0.05, 0.1) is 0 Å². The van der Waals surface area contributed by atoms with Crippen molar-refractivity contribution in [3.8, 4) is 0 Å². The van der Waals surface area contributed by atoms with E-state index in [0.717, 1.165) is 21.6 Å². The quantitative estimate of drug-likeness (QED) is 0.342. The average molecular weight is 282 g/mol. The number of hydrogen-bond acceptors (Lipinski definition) is 6. The number of carboxylic acid groups (broad SMARTS) is 2. The summed E-state index contributed by atoms with van der Waals surface area (Å²) in [7, 11) is 2.31. The number of carbonyl (C=O) groups is 3. The zero-order chi connectivity index (χ0) is 13.4. The van der Waals surface area contributed by atoms with Crippen LogP contribution in [0.15, 0.2) is 0 Å². The zero-order valence-electron chi connectivity index (χ0n) is 9.08. The van der Waals surface area contributed by atoms with Crippen molar-refractivity contribution in [3.05, 3.63) is 0 Å². The minimum atomic E-state index is -1.13. The smallest absolute Gasteiger partial charge is 0.327 e. The van der Waals surface area contributed by atoms with Crippen molar-refractivity contribution in [3.63, 3.8) is 0 Å². The second kappa shape index (κ2) is 8.20. The highest BCUT2D eigenvalue weighted by molar-refractivity contribution is 8.76. The predicted molar refractivity (Wildman–Crippen MR) is 65.8 cm³/mol. The molecule has 2 atom stereocenters. The molecule has 0 spiro atoms. The van der Waals surface area contributed by atoms with Gasteiger partial charge in [0.1, 0.15) is 12.1 Å². The van der Waals surface area contributed by atoms with Crippen molar-refractivity contribution < 1.29 is 24.6 Å². The van der Waals surface area contributed by atoms with Crippen molar-refractivity contribution >= 4 is 39.4 Å². The number of amides is 1. The molecule has 0 fully saturated rings. The number of nitrogens with one attached hydrogen (secondary N) is 1. The van der Waals surface area contributed by atoms with Crippen LogP contribution in [0, 0.1) is 0 Å². The molecular weight excluding hydrogens is 268 g/mol. The van der Waals surface area contributed by atoms with Crippen LogP contribution in [-0.2, 0) is 14.4 Å². The first-order valence-electron chi connectivity index (χ1n) is 4.57.